The van der Waals surface area contributed by atoms with Gasteiger partial charge in [0.2, 0.25) is 5.91 Å². The summed E-state index contributed by atoms with van der Waals surface area (Å²) < 4.78 is 6.31. The molecule has 1 spiro atoms. The van der Waals surface area contributed by atoms with Crippen LogP contribution in [0.5, 0.6) is 0 Å². The second kappa shape index (κ2) is 8.76. The van der Waals surface area contributed by atoms with Crippen molar-refractivity contribution in [3.8, 4) is 0 Å². The van der Waals surface area contributed by atoms with Gasteiger partial charge in [0.1, 0.15) is 0 Å². The Kier molecular flexibility index (Phi) is 6.14. The van der Waals surface area contributed by atoms with Crippen LogP contribution in [0.1, 0.15) is 36.1 Å². The van der Waals surface area contributed by atoms with Crippen LogP contribution in [0.15, 0.2) is 47.8 Å². The van der Waals surface area contributed by atoms with E-state index in [0.29, 0.717) is 12.5 Å². The lowest BCUT2D eigenvalue weighted by atomic mass is 9.81. The van der Waals surface area contributed by atoms with E-state index in [4.69, 9.17) is 4.74 Å². The van der Waals surface area contributed by atoms with Crippen molar-refractivity contribution in [2.24, 2.45) is 0 Å². The molecule has 2 saturated heterocycles. The first-order chi connectivity index (χ1) is 13.6. The van der Waals surface area contributed by atoms with E-state index in [1.165, 1.54) is 5.56 Å². The van der Waals surface area contributed by atoms with Crippen LogP contribution in [-0.4, -0.2) is 54.1 Å². The fourth-order valence-electron chi connectivity index (χ4n) is 4.56. The maximum absolute atomic E-state index is 12.6. The van der Waals surface area contributed by atoms with Crippen molar-refractivity contribution < 1.29 is 9.53 Å². The van der Waals surface area contributed by atoms with Gasteiger partial charge in [0.25, 0.3) is 0 Å². The summed E-state index contributed by atoms with van der Waals surface area (Å²) in [5, 5.41) is 2.04. The van der Waals surface area contributed by atoms with Crippen molar-refractivity contribution in [2.75, 3.05) is 26.7 Å². The molecule has 4 rings (SSSR count). The average molecular weight is 399 g/mol. The molecule has 0 aliphatic carbocycles. The van der Waals surface area contributed by atoms with Crippen LogP contribution in [0.25, 0.3) is 0 Å². The third-order valence-corrected chi connectivity index (χ3v) is 7.17. The Balaban J connectivity index is 1.31. The van der Waals surface area contributed by atoms with Crippen LogP contribution >= 0.6 is 11.3 Å². The van der Waals surface area contributed by atoms with Gasteiger partial charge in [-0.1, -0.05) is 36.4 Å². The highest BCUT2D eigenvalue weighted by atomic mass is 32.1. The molecule has 0 radical (unpaired) electrons. The SMILES string of the molecule is CN(Cc1ccccc1)C1CCOC2(CCN(C(=O)Cc3cccs3)CC2)C1. The van der Waals surface area contributed by atoms with Gasteiger partial charge in [-0.2, -0.15) is 0 Å². The molecule has 1 amide bonds. The molecule has 2 aliphatic rings. The summed E-state index contributed by atoms with van der Waals surface area (Å²) in [6.45, 7) is 3.44. The van der Waals surface area contributed by atoms with Crippen molar-refractivity contribution in [3.05, 3.63) is 58.3 Å². The number of rotatable bonds is 5. The molecule has 0 saturated carbocycles. The van der Waals surface area contributed by atoms with E-state index >= 15 is 0 Å². The molecule has 0 bridgehead atoms. The molecule has 2 aromatic rings. The zero-order chi connectivity index (χ0) is 19.4. The third-order valence-electron chi connectivity index (χ3n) is 6.30. The van der Waals surface area contributed by atoms with Crippen molar-refractivity contribution >= 4 is 17.2 Å². The van der Waals surface area contributed by atoms with E-state index in [-0.39, 0.29) is 11.5 Å². The van der Waals surface area contributed by atoms with Crippen LogP contribution in [0.2, 0.25) is 0 Å². The molecule has 0 N–H and O–H groups in total. The molecule has 5 heteroatoms. The van der Waals surface area contributed by atoms with Gasteiger partial charge in [0.05, 0.1) is 12.0 Å². The first-order valence-corrected chi connectivity index (χ1v) is 11.2. The van der Waals surface area contributed by atoms with Crippen molar-refractivity contribution in [1.82, 2.24) is 9.80 Å². The molecule has 4 nitrogen and oxygen atoms in total. The van der Waals surface area contributed by atoms with Gasteiger partial charge in [-0.25, -0.2) is 0 Å². The van der Waals surface area contributed by atoms with E-state index in [1.807, 2.05) is 22.4 Å². The largest absolute Gasteiger partial charge is 0.375 e. The highest BCUT2D eigenvalue weighted by Gasteiger charge is 2.42. The maximum atomic E-state index is 12.6. The van der Waals surface area contributed by atoms with Crippen LogP contribution in [-0.2, 0) is 22.5 Å². The molecule has 1 aromatic heterocycles. The Labute approximate surface area is 172 Å². The number of amides is 1. The number of hydrogen-bond donors (Lipinski definition) is 0. The van der Waals surface area contributed by atoms with Crippen LogP contribution < -0.4 is 0 Å². The van der Waals surface area contributed by atoms with Crippen LogP contribution in [0.3, 0.4) is 0 Å². The number of thiophene rings is 1. The predicted molar refractivity (Wildman–Crippen MR) is 113 cm³/mol. The van der Waals surface area contributed by atoms with Gasteiger partial charge < -0.3 is 9.64 Å². The van der Waals surface area contributed by atoms with E-state index in [0.717, 1.165) is 56.8 Å². The molecule has 3 heterocycles. The quantitative estimate of drug-likeness (QED) is 0.764. The number of benzene rings is 1. The standard InChI is InChI=1S/C23H30N2O2S/c1-24(18-19-6-3-2-4-7-19)20-9-14-27-23(17-20)10-12-25(13-11-23)22(26)16-21-8-5-15-28-21/h2-8,15,20H,9-14,16-18H2,1H3. The fraction of sp³-hybridized carbons (Fsp3) is 0.522. The van der Waals surface area contributed by atoms with E-state index in [1.54, 1.807) is 11.3 Å². The summed E-state index contributed by atoms with van der Waals surface area (Å²) in [5.74, 6) is 0.255. The lowest BCUT2D eigenvalue weighted by Crippen LogP contribution is -2.54. The number of nitrogens with zero attached hydrogens (tertiary/aromatic N) is 2. The van der Waals surface area contributed by atoms with Crippen molar-refractivity contribution in [1.29, 1.82) is 0 Å². The zero-order valence-corrected chi connectivity index (χ0v) is 17.5. The Bertz CT molecular complexity index is 754. The normalized spacial score (nSPS) is 21.9. The molecule has 2 aliphatic heterocycles. The summed E-state index contributed by atoms with van der Waals surface area (Å²) in [7, 11) is 2.23. The van der Waals surface area contributed by atoms with Gasteiger partial charge in [-0.3, -0.25) is 9.69 Å². The maximum Gasteiger partial charge on any atom is 0.227 e. The Morgan fingerprint density at radius 1 is 1.21 bits per heavy atom. The number of ether oxygens (including phenoxy) is 1. The highest BCUT2D eigenvalue weighted by molar-refractivity contribution is 7.10. The molecular weight excluding hydrogens is 368 g/mol. The van der Waals surface area contributed by atoms with Gasteiger partial charge in [-0.15, -0.1) is 11.3 Å². The monoisotopic (exact) mass is 398 g/mol. The van der Waals surface area contributed by atoms with Gasteiger partial charge in [-0.05, 0) is 49.7 Å². The number of hydrogen-bond acceptors (Lipinski definition) is 4. The minimum atomic E-state index is -0.0480. The topological polar surface area (TPSA) is 32.8 Å². The Hall–Kier alpha value is -1.69. The molecular formula is C23H30N2O2S. The lowest BCUT2D eigenvalue weighted by molar-refractivity contribution is -0.148. The Morgan fingerprint density at radius 2 is 2.00 bits per heavy atom. The average Bonchev–Trinajstić information content (AvgIpc) is 3.22. The fourth-order valence-corrected chi connectivity index (χ4v) is 5.26. The Morgan fingerprint density at radius 3 is 2.71 bits per heavy atom. The predicted octanol–water partition coefficient (Wildman–Crippen LogP) is 3.96. The number of likely N-dealkylation sites (tertiary alicyclic amines) is 1. The first kappa shape index (κ1) is 19.6. The number of carbonyl (C=O) groups excluding carboxylic acids is 1. The summed E-state index contributed by atoms with van der Waals surface area (Å²) >= 11 is 1.66. The summed E-state index contributed by atoms with van der Waals surface area (Å²) in [5.41, 5.74) is 1.31. The van der Waals surface area contributed by atoms with E-state index < -0.39 is 0 Å². The van der Waals surface area contributed by atoms with E-state index in [2.05, 4.69) is 42.3 Å². The number of piperidine rings is 1. The summed E-state index contributed by atoms with van der Waals surface area (Å²) in [4.78, 5) is 18.3. The smallest absolute Gasteiger partial charge is 0.227 e. The molecule has 2 fully saturated rings. The van der Waals surface area contributed by atoms with Gasteiger partial charge in [0, 0.05) is 37.2 Å². The van der Waals surface area contributed by atoms with Crippen molar-refractivity contribution in [2.45, 2.75) is 50.3 Å². The molecule has 1 aromatic carbocycles. The summed E-state index contributed by atoms with van der Waals surface area (Å²) in [6.07, 6.45) is 4.61. The number of carbonyl (C=O) groups is 1. The van der Waals surface area contributed by atoms with Gasteiger partial charge in [0.15, 0.2) is 0 Å². The second-order valence-corrected chi connectivity index (χ2v) is 9.25. The molecule has 28 heavy (non-hydrogen) atoms. The van der Waals surface area contributed by atoms with Crippen molar-refractivity contribution in [3.63, 3.8) is 0 Å². The zero-order valence-electron chi connectivity index (χ0n) is 16.7. The minimum absolute atomic E-state index is 0.0480. The molecule has 1 unspecified atom stereocenters. The molecule has 150 valence electrons. The molecule has 1 atom stereocenters. The first-order valence-electron chi connectivity index (χ1n) is 10.3. The third kappa shape index (κ3) is 4.65. The summed E-state index contributed by atoms with van der Waals surface area (Å²) in [6, 6.07) is 15.3. The second-order valence-electron chi connectivity index (χ2n) is 8.22. The van der Waals surface area contributed by atoms with Crippen LogP contribution in [0.4, 0.5) is 0 Å². The van der Waals surface area contributed by atoms with Crippen LogP contribution in [0, 0.1) is 0 Å². The van der Waals surface area contributed by atoms with Gasteiger partial charge >= 0.3 is 0 Å². The highest BCUT2D eigenvalue weighted by Crippen LogP contribution is 2.37. The lowest BCUT2D eigenvalue weighted by Gasteiger charge is -2.48. The minimum Gasteiger partial charge on any atom is -0.375 e. The van der Waals surface area contributed by atoms with E-state index in [9.17, 15) is 4.79 Å².